The highest BCUT2D eigenvalue weighted by molar-refractivity contribution is 6.17. The summed E-state index contributed by atoms with van der Waals surface area (Å²) in [5.41, 5.74) is 0. The van der Waals surface area contributed by atoms with E-state index in [4.69, 9.17) is 11.6 Å². The molecule has 0 rings (SSSR count). The molecule has 0 saturated heterocycles. The molecular formula is C16H35ClIN. The van der Waals surface area contributed by atoms with Crippen LogP contribution in [0.2, 0.25) is 0 Å². The number of halogens is 2. The molecule has 3 heteroatoms. The minimum atomic E-state index is 0. The van der Waals surface area contributed by atoms with Crippen LogP contribution in [0.4, 0.5) is 0 Å². The van der Waals surface area contributed by atoms with Gasteiger partial charge in [0.15, 0.2) is 0 Å². The molecule has 0 aliphatic heterocycles. The fourth-order valence-electron chi connectivity index (χ4n) is 2.62. The summed E-state index contributed by atoms with van der Waals surface area (Å²) in [6.07, 6.45) is 12.2. The standard InChI is InChI=1S/C16H35ClN.HI/c1-4-6-8-10-14-18(3,16-12-13-17)15-11-9-7-5-2;/h4-16H2,1-3H3;1H/q+1;/p-1. The molecule has 0 aromatic rings. The fourth-order valence-corrected chi connectivity index (χ4v) is 2.74. The van der Waals surface area contributed by atoms with Crippen molar-refractivity contribution in [3.8, 4) is 0 Å². The van der Waals surface area contributed by atoms with Crippen molar-refractivity contribution < 1.29 is 28.5 Å². The summed E-state index contributed by atoms with van der Waals surface area (Å²) in [5.74, 6) is 0.817. The first-order valence-electron chi connectivity index (χ1n) is 8.08. The number of unbranched alkanes of at least 4 members (excludes halogenated alkanes) is 6. The van der Waals surface area contributed by atoms with E-state index in [0.29, 0.717) is 0 Å². The van der Waals surface area contributed by atoms with Crippen LogP contribution in [0.25, 0.3) is 0 Å². The van der Waals surface area contributed by atoms with Crippen molar-refractivity contribution in [2.45, 2.75) is 71.6 Å². The Morgan fingerprint density at radius 2 is 1.11 bits per heavy atom. The van der Waals surface area contributed by atoms with Crippen molar-refractivity contribution >= 4 is 11.6 Å². The first-order chi connectivity index (χ1) is 8.68. The first kappa shape index (κ1) is 22.3. The molecule has 0 unspecified atom stereocenters. The van der Waals surface area contributed by atoms with Crippen molar-refractivity contribution in [3.63, 3.8) is 0 Å². The predicted octanol–water partition coefficient (Wildman–Crippen LogP) is 2.23. The molecule has 0 aromatic heterocycles. The molecule has 0 bridgehead atoms. The maximum atomic E-state index is 5.87. The van der Waals surface area contributed by atoms with Gasteiger partial charge in [-0.05, 0) is 25.7 Å². The Morgan fingerprint density at radius 3 is 1.47 bits per heavy atom. The number of nitrogens with zero attached hydrogens (tertiary/aromatic N) is 1. The van der Waals surface area contributed by atoms with Crippen LogP contribution < -0.4 is 24.0 Å². The maximum absolute atomic E-state index is 5.87. The van der Waals surface area contributed by atoms with Crippen molar-refractivity contribution in [2.75, 3.05) is 32.6 Å². The minimum Gasteiger partial charge on any atom is -1.00 e. The van der Waals surface area contributed by atoms with Gasteiger partial charge >= 0.3 is 0 Å². The van der Waals surface area contributed by atoms with Gasteiger partial charge in [0, 0.05) is 12.3 Å². The molecule has 118 valence electrons. The number of hydrogen-bond donors (Lipinski definition) is 0. The molecule has 0 aliphatic carbocycles. The smallest absolute Gasteiger partial charge is 0.0796 e. The number of rotatable bonds is 13. The van der Waals surface area contributed by atoms with Crippen molar-refractivity contribution in [1.29, 1.82) is 0 Å². The normalized spacial score (nSPS) is 11.4. The van der Waals surface area contributed by atoms with Gasteiger partial charge in [-0.15, -0.1) is 11.6 Å². The molecule has 0 saturated carbocycles. The Bertz CT molecular complexity index is 164. The summed E-state index contributed by atoms with van der Waals surface area (Å²) >= 11 is 5.87. The zero-order chi connectivity index (χ0) is 13.7. The molecule has 0 aromatic carbocycles. The quantitative estimate of drug-likeness (QED) is 0.191. The summed E-state index contributed by atoms with van der Waals surface area (Å²) in [6, 6.07) is 0. The molecule has 0 aliphatic rings. The molecule has 1 nitrogen and oxygen atoms in total. The molecular weight excluding hydrogens is 369 g/mol. The van der Waals surface area contributed by atoms with Crippen LogP contribution in [0.15, 0.2) is 0 Å². The lowest BCUT2D eigenvalue weighted by Gasteiger charge is -2.35. The fraction of sp³-hybridized carbons (Fsp3) is 1.00. The van der Waals surface area contributed by atoms with Gasteiger partial charge in [-0.2, -0.15) is 0 Å². The Balaban J connectivity index is 0. The molecule has 0 fully saturated rings. The van der Waals surface area contributed by atoms with Crippen LogP contribution in [-0.2, 0) is 0 Å². The van der Waals surface area contributed by atoms with Gasteiger partial charge in [-0.3, -0.25) is 0 Å². The Labute approximate surface area is 144 Å². The van der Waals surface area contributed by atoms with Gasteiger partial charge < -0.3 is 28.5 Å². The summed E-state index contributed by atoms with van der Waals surface area (Å²) < 4.78 is 1.25. The molecule has 0 atom stereocenters. The zero-order valence-electron chi connectivity index (χ0n) is 13.4. The molecule has 0 radical (unpaired) electrons. The van der Waals surface area contributed by atoms with Crippen molar-refractivity contribution in [3.05, 3.63) is 0 Å². The van der Waals surface area contributed by atoms with Crippen LogP contribution in [-0.4, -0.2) is 37.0 Å². The van der Waals surface area contributed by atoms with E-state index in [9.17, 15) is 0 Å². The molecule has 0 N–H and O–H groups in total. The largest absolute Gasteiger partial charge is 1.00 e. The van der Waals surface area contributed by atoms with Gasteiger partial charge in [0.05, 0.1) is 26.7 Å². The highest BCUT2D eigenvalue weighted by atomic mass is 127. The second kappa shape index (κ2) is 15.4. The third kappa shape index (κ3) is 13.7. The van der Waals surface area contributed by atoms with Gasteiger partial charge in [0.2, 0.25) is 0 Å². The van der Waals surface area contributed by atoms with E-state index in [2.05, 4.69) is 20.9 Å². The molecule has 19 heavy (non-hydrogen) atoms. The van der Waals surface area contributed by atoms with Gasteiger partial charge in [-0.25, -0.2) is 0 Å². The van der Waals surface area contributed by atoms with Crippen LogP contribution >= 0.6 is 11.6 Å². The Kier molecular flexibility index (Phi) is 18.0. The average Bonchev–Trinajstić information content (AvgIpc) is 2.38. The lowest BCUT2D eigenvalue weighted by Crippen LogP contribution is -3.00. The zero-order valence-corrected chi connectivity index (χ0v) is 16.3. The SMILES string of the molecule is CCCCCC[N+](C)(CCCCl)CCCCCC.[I-]. The van der Waals surface area contributed by atoms with E-state index < -0.39 is 0 Å². The Hall–Kier alpha value is 0.980. The third-order valence-electron chi connectivity index (χ3n) is 3.93. The lowest BCUT2D eigenvalue weighted by molar-refractivity contribution is -0.910. The van der Waals surface area contributed by atoms with E-state index in [1.807, 2.05) is 0 Å². The number of hydrogen-bond acceptors (Lipinski definition) is 0. The van der Waals surface area contributed by atoms with E-state index in [-0.39, 0.29) is 24.0 Å². The minimum absolute atomic E-state index is 0. The van der Waals surface area contributed by atoms with Crippen molar-refractivity contribution in [2.24, 2.45) is 0 Å². The Morgan fingerprint density at radius 1 is 0.684 bits per heavy atom. The topological polar surface area (TPSA) is 0 Å². The first-order valence-corrected chi connectivity index (χ1v) is 8.61. The number of alkyl halides is 1. The van der Waals surface area contributed by atoms with E-state index in [1.54, 1.807) is 0 Å². The second-order valence-corrected chi connectivity index (χ2v) is 6.33. The van der Waals surface area contributed by atoms with E-state index in [0.717, 1.165) is 5.88 Å². The highest BCUT2D eigenvalue weighted by Gasteiger charge is 2.19. The summed E-state index contributed by atoms with van der Waals surface area (Å²) in [6.45, 7) is 8.53. The monoisotopic (exact) mass is 403 g/mol. The summed E-state index contributed by atoms with van der Waals surface area (Å²) in [5, 5.41) is 0. The van der Waals surface area contributed by atoms with Gasteiger partial charge in [0.25, 0.3) is 0 Å². The highest BCUT2D eigenvalue weighted by Crippen LogP contribution is 2.13. The predicted molar refractivity (Wildman–Crippen MR) is 84.4 cm³/mol. The molecule has 0 spiro atoms. The molecule has 0 heterocycles. The lowest BCUT2D eigenvalue weighted by atomic mass is 10.1. The number of quaternary nitrogens is 1. The summed E-state index contributed by atoms with van der Waals surface area (Å²) in [7, 11) is 2.43. The third-order valence-corrected chi connectivity index (χ3v) is 4.20. The van der Waals surface area contributed by atoms with Crippen LogP contribution in [0, 0.1) is 0 Å². The summed E-state index contributed by atoms with van der Waals surface area (Å²) in [4.78, 5) is 0. The van der Waals surface area contributed by atoms with Crippen LogP contribution in [0.1, 0.15) is 71.6 Å². The van der Waals surface area contributed by atoms with Crippen molar-refractivity contribution in [1.82, 2.24) is 0 Å². The van der Waals surface area contributed by atoms with E-state index in [1.165, 1.54) is 81.9 Å². The second-order valence-electron chi connectivity index (χ2n) is 5.95. The van der Waals surface area contributed by atoms with Crippen LogP contribution in [0.5, 0.6) is 0 Å². The van der Waals surface area contributed by atoms with Gasteiger partial charge in [-0.1, -0.05) is 39.5 Å². The maximum Gasteiger partial charge on any atom is 0.0796 e. The van der Waals surface area contributed by atoms with Gasteiger partial charge in [0.1, 0.15) is 0 Å². The van der Waals surface area contributed by atoms with E-state index >= 15 is 0 Å². The molecule has 0 amide bonds. The van der Waals surface area contributed by atoms with Crippen LogP contribution in [0.3, 0.4) is 0 Å². The average molecular weight is 404 g/mol.